The summed E-state index contributed by atoms with van der Waals surface area (Å²) in [6.45, 7) is 6.32. The second-order valence-corrected chi connectivity index (χ2v) is 5.31. The molecule has 10 heteroatoms. The summed E-state index contributed by atoms with van der Waals surface area (Å²) in [4.78, 5) is 19.8. The van der Waals surface area contributed by atoms with Gasteiger partial charge in [-0.25, -0.2) is 0 Å². The molecule has 0 aromatic carbocycles. The van der Waals surface area contributed by atoms with Crippen molar-refractivity contribution in [1.82, 2.24) is 0 Å². The molecule has 5 N–H and O–H groups in total. The van der Waals surface area contributed by atoms with Crippen LogP contribution < -0.4 is 0 Å². The third-order valence-electron chi connectivity index (χ3n) is 2.42. The smallest absolute Gasteiger partial charge is 0.303 e. The van der Waals surface area contributed by atoms with Gasteiger partial charge in [-0.05, 0) is 26.7 Å². The topological polar surface area (TPSA) is 163 Å². The molecule has 0 amide bonds. The Labute approximate surface area is 160 Å². The molecule has 0 aromatic heterocycles. The third kappa shape index (κ3) is 45.6. The first-order chi connectivity index (χ1) is 12.8. The number of carbonyl (C=O) groups is 2. The molecule has 0 fully saturated rings. The van der Waals surface area contributed by atoms with Crippen molar-refractivity contribution in [2.24, 2.45) is 0 Å². The number of carboxylic acid groups (broad SMARTS) is 2. The van der Waals surface area contributed by atoms with Gasteiger partial charge in [0.1, 0.15) is 0 Å². The van der Waals surface area contributed by atoms with Crippen LogP contribution in [0.5, 0.6) is 0 Å². The predicted octanol–water partition coefficient (Wildman–Crippen LogP) is 0.124. The molecule has 0 saturated heterocycles. The van der Waals surface area contributed by atoms with E-state index in [0.717, 1.165) is 0 Å². The number of aliphatic carboxylic acids is 2. The summed E-state index contributed by atoms with van der Waals surface area (Å²) in [5.74, 6) is -1.74. The Kier molecular flexibility index (Phi) is 30.3. The number of aliphatic hydroxyl groups excluding tert-OH is 3. The summed E-state index contributed by atoms with van der Waals surface area (Å²) in [5.41, 5.74) is 0. The van der Waals surface area contributed by atoms with E-state index in [4.69, 9.17) is 35.0 Å². The maximum atomic E-state index is 9.90. The molecule has 0 atom stereocenters. The first kappa shape index (κ1) is 30.4. The monoisotopic (exact) mass is 400 g/mol. The maximum Gasteiger partial charge on any atom is 0.303 e. The Balaban J connectivity index is -0.000000326. The zero-order chi connectivity index (χ0) is 21.3. The number of hydrogen-bond donors (Lipinski definition) is 5. The predicted molar refractivity (Wildman–Crippen MR) is 97.7 cm³/mol. The van der Waals surface area contributed by atoms with Gasteiger partial charge in [0.15, 0.2) is 0 Å². The SMILES string of the molecule is CC(C)OCCOCCO.O=C(O)CCCCC(=O)O.OCCOCCO. The Bertz CT molecular complexity index is 290. The van der Waals surface area contributed by atoms with Crippen LogP contribution >= 0.6 is 0 Å². The zero-order valence-electron chi connectivity index (χ0n) is 16.3. The molecule has 27 heavy (non-hydrogen) atoms. The van der Waals surface area contributed by atoms with Crippen LogP contribution in [0.3, 0.4) is 0 Å². The van der Waals surface area contributed by atoms with Crippen LogP contribution in [-0.2, 0) is 23.8 Å². The van der Waals surface area contributed by atoms with Crippen LogP contribution in [0.25, 0.3) is 0 Å². The van der Waals surface area contributed by atoms with E-state index >= 15 is 0 Å². The van der Waals surface area contributed by atoms with Crippen LogP contribution in [0.15, 0.2) is 0 Å². The van der Waals surface area contributed by atoms with E-state index < -0.39 is 11.9 Å². The van der Waals surface area contributed by atoms with Gasteiger partial charge >= 0.3 is 11.9 Å². The highest BCUT2D eigenvalue weighted by Gasteiger charge is 1.99. The molecular weight excluding hydrogens is 364 g/mol. The molecule has 0 spiro atoms. The van der Waals surface area contributed by atoms with E-state index in [1.807, 2.05) is 13.8 Å². The molecule has 0 aromatic rings. The number of carboxylic acids is 2. The Morgan fingerprint density at radius 2 is 1.07 bits per heavy atom. The summed E-state index contributed by atoms with van der Waals surface area (Å²) in [5, 5.41) is 40.7. The van der Waals surface area contributed by atoms with Crippen molar-refractivity contribution in [3.8, 4) is 0 Å². The van der Waals surface area contributed by atoms with E-state index in [2.05, 4.69) is 4.74 Å². The van der Waals surface area contributed by atoms with E-state index in [1.54, 1.807) is 0 Å². The lowest BCUT2D eigenvalue weighted by atomic mass is 10.2. The summed E-state index contributed by atoms with van der Waals surface area (Å²) in [6, 6.07) is 0. The van der Waals surface area contributed by atoms with E-state index in [9.17, 15) is 9.59 Å². The fraction of sp³-hybridized carbons (Fsp3) is 0.882. The van der Waals surface area contributed by atoms with Crippen molar-refractivity contribution in [2.45, 2.75) is 45.6 Å². The molecule has 0 bridgehead atoms. The van der Waals surface area contributed by atoms with E-state index in [1.165, 1.54) is 0 Å². The second-order valence-electron chi connectivity index (χ2n) is 5.31. The summed E-state index contributed by atoms with van der Waals surface area (Å²) >= 11 is 0. The molecular formula is C17H36O10. The molecule has 0 heterocycles. The fourth-order valence-corrected chi connectivity index (χ4v) is 1.29. The van der Waals surface area contributed by atoms with Gasteiger partial charge < -0.3 is 39.7 Å². The summed E-state index contributed by atoms with van der Waals surface area (Å²) < 4.78 is 14.8. The molecule has 164 valence electrons. The minimum Gasteiger partial charge on any atom is -0.481 e. The number of unbranched alkanes of at least 4 members (excludes halogenated alkanes) is 1. The van der Waals surface area contributed by atoms with Gasteiger partial charge in [0.05, 0.1) is 59.0 Å². The van der Waals surface area contributed by atoms with Crippen molar-refractivity contribution >= 4 is 11.9 Å². The first-order valence-corrected chi connectivity index (χ1v) is 8.85. The lowest BCUT2D eigenvalue weighted by molar-refractivity contribution is -0.139. The van der Waals surface area contributed by atoms with Crippen LogP contribution in [0.1, 0.15) is 39.5 Å². The van der Waals surface area contributed by atoms with Crippen molar-refractivity contribution in [2.75, 3.05) is 52.9 Å². The average Bonchev–Trinajstić information content (AvgIpc) is 2.60. The summed E-state index contributed by atoms with van der Waals surface area (Å²) in [6.07, 6.45) is 1.28. The Morgan fingerprint density at radius 3 is 1.37 bits per heavy atom. The molecule has 0 unspecified atom stereocenters. The molecule has 0 saturated carbocycles. The van der Waals surface area contributed by atoms with Crippen molar-refractivity contribution in [1.29, 1.82) is 0 Å². The van der Waals surface area contributed by atoms with Crippen LogP contribution in [0, 0.1) is 0 Å². The van der Waals surface area contributed by atoms with Gasteiger partial charge in [0.2, 0.25) is 0 Å². The highest BCUT2D eigenvalue weighted by atomic mass is 16.5. The molecule has 0 radical (unpaired) electrons. The first-order valence-electron chi connectivity index (χ1n) is 8.85. The molecule has 10 nitrogen and oxygen atoms in total. The number of aliphatic hydroxyl groups is 3. The van der Waals surface area contributed by atoms with E-state index in [-0.39, 0.29) is 38.8 Å². The van der Waals surface area contributed by atoms with Gasteiger partial charge in [-0.1, -0.05) is 0 Å². The minimum atomic E-state index is -0.870. The average molecular weight is 400 g/mol. The molecule has 0 aliphatic heterocycles. The Morgan fingerprint density at radius 1 is 0.704 bits per heavy atom. The lowest BCUT2D eigenvalue weighted by Gasteiger charge is -2.06. The molecule has 0 rings (SSSR count). The summed E-state index contributed by atoms with van der Waals surface area (Å²) in [7, 11) is 0. The van der Waals surface area contributed by atoms with Gasteiger partial charge in [-0.15, -0.1) is 0 Å². The quantitative estimate of drug-likeness (QED) is 0.239. The molecule has 0 aliphatic rings. The van der Waals surface area contributed by atoms with Crippen molar-refractivity contribution < 1.29 is 49.3 Å². The number of ether oxygens (including phenoxy) is 3. The minimum absolute atomic E-state index is 0.0278. The van der Waals surface area contributed by atoms with Crippen LogP contribution in [0.4, 0.5) is 0 Å². The van der Waals surface area contributed by atoms with Crippen LogP contribution in [-0.4, -0.2) is 96.4 Å². The van der Waals surface area contributed by atoms with Crippen molar-refractivity contribution in [3.63, 3.8) is 0 Å². The van der Waals surface area contributed by atoms with E-state index in [0.29, 0.717) is 45.9 Å². The lowest BCUT2D eigenvalue weighted by Crippen LogP contribution is -2.10. The third-order valence-corrected chi connectivity index (χ3v) is 2.42. The number of rotatable bonds is 15. The highest BCUT2D eigenvalue weighted by molar-refractivity contribution is 5.67. The standard InChI is InChI=1S/C7H16O3.C6H10O4.C4H10O3/c1-7(2)10-6-5-9-4-3-8;7-5(8)3-1-2-4-6(9)10;5-1-3-7-4-2-6/h7-8H,3-6H2,1-2H3;1-4H2,(H,7,8)(H,9,10);5-6H,1-4H2. The largest absolute Gasteiger partial charge is 0.481 e. The van der Waals surface area contributed by atoms with Gasteiger partial charge in [0.25, 0.3) is 0 Å². The van der Waals surface area contributed by atoms with Gasteiger partial charge in [-0.3, -0.25) is 9.59 Å². The molecule has 0 aliphatic carbocycles. The van der Waals surface area contributed by atoms with Gasteiger partial charge in [0, 0.05) is 12.8 Å². The normalized spacial score (nSPS) is 9.85. The fourth-order valence-electron chi connectivity index (χ4n) is 1.29. The Hall–Kier alpha value is -1.30. The number of hydrogen-bond acceptors (Lipinski definition) is 8. The maximum absolute atomic E-state index is 9.90. The van der Waals surface area contributed by atoms with Crippen molar-refractivity contribution in [3.05, 3.63) is 0 Å². The van der Waals surface area contributed by atoms with Crippen LogP contribution in [0.2, 0.25) is 0 Å². The zero-order valence-corrected chi connectivity index (χ0v) is 16.3. The highest BCUT2D eigenvalue weighted by Crippen LogP contribution is 1.98. The second kappa shape index (κ2) is 26.9. The van der Waals surface area contributed by atoms with Gasteiger partial charge in [-0.2, -0.15) is 0 Å².